The van der Waals surface area contributed by atoms with Crippen LogP contribution in [0.15, 0.2) is 18.2 Å². The van der Waals surface area contributed by atoms with Gasteiger partial charge in [0.25, 0.3) is 0 Å². The highest BCUT2D eigenvalue weighted by atomic mass is 35.5. The minimum atomic E-state index is -1.07. The van der Waals surface area contributed by atoms with Gasteiger partial charge in [0.05, 0.1) is 22.1 Å². The fraction of sp³-hybridized carbons (Fsp3) is 0.417. The zero-order valence-electron chi connectivity index (χ0n) is 9.36. The molecule has 94 valence electrons. The molecule has 1 rings (SSSR count). The first-order valence-electron chi connectivity index (χ1n) is 5.33. The first-order chi connectivity index (χ1) is 7.97. The summed E-state index contributed by atoms with van der Waals surface area (Å²) in [6.45, 7) is 1.87. The topological polar surface area (TPSA) is 57.5 Å². The van der Waals surface area contributed by atoms with E-state index in [1.807, 2.05) is 6.92 Å². The van der Waals surface area contributed by atoms with Crippen LogP contribution in [0.5, 0.6) is 0 Å². The van der Waals surface area contributed by atoms with Gasteiger partial charge in [0.2, 0.25) is 0 Å². The highest BCUT2D eigenvalue weighted by Crippen LogP contribution is 2.30. The summed E-state index contributed by atoms with van der Waals surface area (Å²) in [6, 6.07) is 4.64. The highest BCUT2D eigenvalue weighted by molar-refractivity contribution is 6.42. The summed E-state index contributed by atoms with van der Waals surface area (Å²) < 4.78 is 0. The second kappa shape index (κ2) is 6.24. The van der Waals surface area contributed by atoms with Crippen molar-refractivity contribution in [2.45, 2.75) is 25.9 Å². The SMILES string of the molecule is CCCC(C(=O)O)C(O)c1ccc(Cl)c(Cl)c1. The van der Waals surface area contributed by atoms with Crippen LogP contribution < -0.4 is 0 Å². The van der Waals surface area contributed by atoms with E-state index in [9.17, 15) is 9.90 Å². The number of aliphatic carboxylic acids is 1. The lowest BCUT2D eigenvalue weighted by molar-refractivity contribution is -0.146. The molecule has 1 aromatic carbocycles. The molecule has 0 aliphatic carbocycles. The number of benzene rings is 1. The van der Waals surface area contributed by atoms with Crippen molar-refractivity contribution in [1.29, 1.82) is 0 Å². The Labute approximate surface area is 110 Å². The maximum atomic E-state index is 11.0. The third-order valence-corrected chi connectivity index (χ3v) is 3.32. The zero-order valence-corrected chi connectivity index (χ0v) is 10.9. The maximum Gasteiger partial charge on any atom is 0.309 e. The van der Waals surface area contributed by atoms with E-state index in [4.69, 9.17) is 28.3 Å². The Kier molecular flexibility index (Phi) is 5.25. The number of carbonyl (C=O) groups is 1. The van der Waals surface area contributed by atoms with E-state index in [0.717, 1.165) is 0 Å². The lowest BCUT2D eigenvalue weighted by Crippen LogP contribution is -2.21. The van der Waals surface area contributed by atoms with Crippen molar-refractivity contribution >= 4 is 29.2 Å². The van der Waals surface area contributed by atoms with Crippen molar-refractivity contribution in [3.05, 3.63) is 33.8 Å². The van der Waals surface area contributed by atoms with Gasteiger partial charge in [-0.15, -0.1) is 0 Å². The van der Waals surface area contributed by atoms with Crippen LogP contribution in [-0.2, 0) is 4.79 Å². The molecular formula is C12H14Cl2O3. The van der Waals surface area contributed by atoms with Crippen molar-refractivity contribution in [3.63, 3.8) is 0 Å². The second-order valence-electron chi connectivity index (χ2n) is 3.85. The van der Waals surface area contributed by atoms with Gasteiger partial charge in [0, 0.05) is 0 Å². The molecular weight excluding hydrogens is 263 g/mol. The van der Waals surface area contributed by atoms with Gasteiger partial charge in [-0.05, 0) is 24.1 Å². The molecule has 0 bridgehead atoms. The van der Waals surface area contributed by atoms with E-state index in [1.165, 1.54) is 6.07 Å². The fourth-order valence-corrected chi connectivity index (χ4v) is 1.96. The molecule has 0 aromatic heterocycles. The Morgan fingerprint density at radius 1 is 1.35 bits per heavy atom. The molecule has 2 atom stereocenters. The number of halogens is 2. The average Bonchev–Trinajstić information content (AvgIpc) is 2.28. The Hall–Kier alpha value is -0.770. The number of carboxylic acids is 1. The Balaban J connectivity index is 2.96. The largest absolute Gasteiger partial charge is 0.481 e. The molecule has 0 fully saturated rings. The van der Waals surface area contributed by atoms with Gasteiger partial charge in [-0.2, -0.15) is 0 Å². The van der Waals surface area contributed by atoms with Crippen LogP contribution in [0.25, 0.3) is 0 Å². The van der Waals surface area contributed by atoms with Gasteiger partial charge in [-0.1, -0.05) is 42.6 Å². The maximum absolute atomic E-state index is 11.0. The predicted octanol–water partition coefficient (Wildman–Crippen LogP) is 3.53. The molecule has 0 radical (unpaired) electrons. The van der Waals surface area contributed by atoms with Gasteiger partial charge < -0.3 is 10.2 Å². The van der Waals surface area contributed by atoms with E-state index < -0.39 is 18.0 Å². The van der Waals surface area contributed by atoms with Crippen molar-refractivity contribution in [3.8, 4) is 0 Å². The van der Waals surface area contributed by atoms with Crippen molar-refractivity contribution in [2.24, 2.45) is 5.92 Å². The molecule has 2 N–H and O–H groups in total. The standard InChI is InChI=1S/C12H14Cl2O3/c1-2-3-8(12(16)17)11(15)7-4-5-9(13)10(14)6-7/h4-6,8,11,15H,2-3H2,1H3,(H,16,17). The smallest absolute Gasteiger partial charge is 0.309 e. The number of hydrogen-bond acceptors (Lipinski definition) is 2. The van der Waals surface area contributed by atoms with Crippen LogP contribution in [-0.4, -0.2) is 16.2 Å². The Morgan fingerprint density at radius 2 is 2.00 bits per heavy atom. The molecule has 17 heavy (non-hydrogen) atoms. The zero-order chi connectivity index (χ0) is 13.0. The number of aliphatic hydroxyl groups excluding tert-OH is 1. The predicted molar refractivity (Wildman–Crippen MR) is 67.5 cm³/mol. The molecule has 0 aliphatic rings. The summed E-state index contributed by atoms with van der Waals surface area (Å²) in [5.41, 5.74) is 0.472. The molecule has 3 nitrogen and oxygen atoms in total. The van der Waals surface area contributed by atoms with Crippen LogP contribution in [0.2, 0.25) is 10.0 Å². The van der Waals surface area contributed by atoms with E-state index in [2.05, 4.69) is 0 Å². The normalized spacial score (nSPS) is 14.4. The van der Waals surface area contributed by atoms with E-state index in [0.29, 0.717) is 28.5 Å². The molecule has 0 saturated carbocycles. The van der Waals surface area contributed by atoms with Crippen LogP contribution in [0.1, 0.15) is 31.4 Å². The van der Waals surface area contributed by atoms with Gasteiger partial charge in [0.15, 0.2) is 0 Å². The molecule has 0 amide bonds. The fourth-order valence-electron chi connectivity index (χ4n) is 1.66. The number of rotatable bonds is 5. The quantitative estimate of drug-likeness (QED) is 0.865. The average molecular weight is 277 g/mol. The van der Waals surface area contributed by atoms with Crippen LogP contribution in [0, 0.1) is 5.92 Å². The molecule has 5 heteroatoms. The van der Waals surface area contributed by atoms with Crippen molar-refractivity contribution in [2.75, 3.05) is 0 Å². The molecule has 0 aliphatic heterocycles. The van der Waals surface area contributed by atoms with Crippen LogP contribution >= 0.6 is 23.2 Å². The van der Waals surface area contributed by atoms with E-state index >= 15 is 0 Å². The number of hydrogen-bond donors (Lipinski definition) is 2. The van der Waals surface area contributed by atoms with Crippen molar-refractivity contribution < 1.29 is 15.0 Å². The summed E-state index contributed by atoms with van der Waals surface area (Å²) in [6.07, 6.45) is 0.0359. The van der Waals surface area contributed by atoms with E-state index in [1.54, 1.807) is 12.1 Å². The summed E-state index contributed by atoms with van der Waals surface area (Å²) in [7, 11) is 0. The Morgan fingerprint density at radius 3 is 2.47 bits per heavy atom. The minimum Gasteiger partial charge on any atom is -0.481 e. The monoisotopic (exact) mass is 276 g/mol. The molecule has 2 unspecified atom stereocenters. The third-order valence-electron chi connectivity index (χ3n) is 2.58. The molecule has 0 heterocycles. The van der Waals surface area contributed by atoms with Gasteiger partial charge in [0.1, 0.15) is 0 Å². The summed E-state index contributed by atoms with van der Waals surface area (Å²) >= 11 is 11.6. The van der Waals surface area contributed by atoms with Crippen LogP contribution in [0.4, 0.5) is 0 Å². The summed E-state index contributed by atoms with van der Waals surface area (Å²) in [5.74, 6) is -1.83. The first kappa shape index (κ1) is 14.3. The number of aliphatic hydroxyl groups is 1. The summed E-state index contributed by atoms with van der Waals surface area (Å²) in [5, 5.41) is 19.7. The first-order valence-corrected chi connectivity index (χ1v) is 6.08. The van der Waals surface area contributed by atoms with Crippen LogP contribution in [0.3, 0.4) is 0 Å². The lowest BCUT2D eigenvalue weighted by Gasteiger charge is -2.19. The van der Waals surface area contributed by atoms with Gasteiger partial charge in [-0.3, -0.25) is 4.79 Å². The second-order valence-corrected chi connectivity index (χ2v) is 4.67. The minimum absolute atomic E-state index is 0.309. The number of carboxylic acid groups (broad SMARTS) is 1. The van der Waals surface area contributed by atoms with E-state index in [-0.39, 0.29) is 0 Å². The molecule has 0 saturated heterocycles. The summed E-state index contributed by atoms with van der Waals surface area (Å²) in [4.78, 5) is 11.0. The van der Waals surface area contributed by atoms with Gasteiger partial charge >= 0.3 is 5.97 Å². The third kappa shape index (κ3) is 3.60. The van der Waals surface area contributed by atoms with Gasteiger partial charge in [-0.25, -0.2) is 0 Å². The Bertz CT molecular complexity index is 407. The molecule has 1 aromatic rings. The molecule has 0 spiro atoms. The van der Waals surface area contributed by atoms with Crippen molar-refractivity contribution in [1.82, 2.24) is 0 Å². The highest BCUT2D eigenvalue weighted by Gasteiger charge is 2.27. The lowest BCUT2D eigenvalue weighted by atomic mass is 9.92.